The van der Waals surface area contributed by atoms with E-state index >= 15 is 0 Å². The molecule has 1 aliphatic heterocycles. The van der Waals surface area contributed by atoms with Crippen molar-refractivity contribution in [3.05, 3.63) is 35.6 Å². The summed E-state index contributed by atoms with van der Waals surface area (Å²) in [6.45, 7) is 1.61. The van der Waals surface area contributed by atoms with E-state index in [4.69, 9.17) is 0 Å². The topological polar surface area (TPSA) is 66.5 Å². The lowest BCUT2D eigenvalue weighted by Gasteiger charge is -2.33. The molecule has 1 heterocycles. The molecule has 0 saturated carbocycles. The second kappa shape index (κ2) is 8.58. The summed E-state index contributed by atoms with van der Waals surface area (Å²) in [4.78, 5) is 14.0. The molecule has 1 saturated heterocycles. The summed E-state index contributed by atoms with van der Waals surface area (Å²) >= 11 is 0. The van der Waals surface area contributed by atoms with E-state index in [1.165, 1.54) is 12.1 Å². The molecule has 0 aliphatic carbocycles. The van der Waals surface area contributed by atoms with Crippen molar-refractivity contribution in [3.8, 4) is 0 Å². The lowest BCUT2D eigenvalue weighted by molar-refractivity contribution is -0.132. The first kappa shape index (κ1) is 18.9. The summed E-state index contributed by atoms with van der Waals surface area (Å²) in [6.07, 6.45) is 5.19. The van der Waals surface area contributed by atoms with Crippen LogP contribution in [0.1, 0.15) is 31.2 Å². The Labute approximate surface area is 143 Å². The van der Waals surface area contributed by atoms with Crippen LogP contribution in [0.25, 0.3) is 0 Å². The predicted molar refractivity (Wildman–Crippen MR) is 91.5 cm³/mol. The molecule has 7 heteroatoms. The molecule has 1 atom stereocenters. The number of rotatable bonds is 7. The first-order chi connectivity index (χ1) is 11.3. The van der Waals surface area contributed by atoms with Gasteiger partial charge in [-0.05, 0) is 49.3 Å². The molecule has 134 valence electrons. The minimum absolute atomic E-state index is 0.00219. The van der Waals surface area contributed by atoms with Gasteiger partial charge in [-0.25, -0.2) is 17.5 Å². The third-order valence-corrected chi connectivity index (χ3v) is 5.06. The number of hydrogen-bond donors (Lipinski definition) is 1. The van der Waals surface area contributed by atoms with Crippen LogP contribution in [0.5, 0.6) is 0 Å². The van der Waals surface area contributed by atoms with Crippen LogP contribution < -0.4 is 4.72 Å². The van der Waals surface area contributed by atoms with Gasteiger partial charge in [-0.3, -0.25) is 4.79 Å². The van der Waals surface area contributed by atoms with Crippen LogP contribution in [0.15, 0.2) is 24.3 Å². The predicted octanol–water partition coefficient (Wildman–Crippen LogP) is 1.94. The standard InChI is InChI=1S/C17H25FN2O3S/c1-24(22,23)19-11-10-17(21)20-12-2-3-15(13-20)5-4-14-6-8-16(18)9-7-14/h6-9,15,19H,2-5,10-13H2,1H3. The number of amides is 1. The number of nitrogens with zero attached hydrogens (tertiary/aromatic N) is 1. The highest BCUT2D eigenvalue weighted by Crippen LogP contribution is 2.22. The van der Waals surface area contributed by atoms with E-state index < -0.39 is 10.0 Å². The fourth-order valence-electron chi connectivity index (χ4n) is 3.05. The lowest BCUT2D eigenvalue weighted by Crippen LogP contribution is -2.41. The fraction of sp³-hybridized carbons (Fsp3) is 0.588. The van der Waals surface area contributed by atoms with E-state index in [0.717, 1.165) is 50.6 Å². The Kier molecular flexibility index (Phi) is 6.74. The second-order valence-corrected chi connectivity index (χ2v) is 8.26. The van der Waals surface area contributed by atoms with Gasteiger partial charge in [0.25, 0.3) is 0 Å². The fourth-order valence-corrected chi connectivity index (χ4v) is 3.52. The molecule has 1 N–H and O–H groups in total. The second-order valence-electron chi connectivity index (χ2n) is 6.43. The average Bonchev–Trinajstić information content (AvgIpc) is 2.53. The van der Waals surface area contributed by atoms with E-state index in [0.29, 0.717) is 5.92 Å². The average molecular weight is 356 g/mol. The monoisotopic (exact) mass is 356 g/mol. The Bertz CT molecular complexity index is 646. The highest BCUT2D eigenvalue weighted by atomic mass is 32.2. The van der Waals surface area contributed by atoms with Gasteiger partial charge in [-0.2, -0.15) is 0 Å². The first-order valence-corrected chi connectivity index (χ1v) is 10.2. The number of nitrogens with one attached hydrogen (secondary N) is 1. The zero-order chi connectivity index (χ0) is 17.6. The van der Waals surface area contributed by atoms with Gasteiger partial charge in [0.2, 0.25) is 15.9 Å². The van der Waals surface area contributed by atoms with E-state index in [9.17, 15) is 17.6 Å². The number of aryl methyl sites for hydroxylation is 1. The Balaban J connectivity index is 1.76. The molecule has 1 unspecified atom stereocenters. The van der Waals surface area contributed by atoms with Crippen molar-refractivity contribution < 1.29 is 17.6 Å². The van der Waals surface area contributed by atoms with Gasteiger partial charge in [0, 0.05) is 26.1 Å². The maximum absolute atomic E-state index is 12.9. The summed E-state index contributed by atoms with van der Waals surface area (Å²) in [7, 11) is -3.25. The summed E-state index contributed by atoms with van der Waals surface area (Å²) < 4.78 is 37.3. The van der Waals surface area contributed by atoms with Crippen molar-refractivity contribution in [2.75, 3.05) is 25.9 Å². The maximum atomic E-state index is 12.9. The quantitative estimate of drug-likeness (QED) is 0.812. The van der Waals surface area contributed by atoms with Gasteiger partial charge in [-0.15, -0.1) is 0 Å². The Morgan fingerprint density at radius 3 is 2.71 bits per heavy atom. The van der Waals surface area contributed by atoms with E-state index in [2.05, 4.69) is 4.72 Å². The smallest absolute Gasteiger partial charge is 0.223 e. The molecule has 24 heavy (non-hydrogen) atoms. The molecule has 1 fully saturated rings. The molecule has 0 bridgehead atoms. The van der Waals surface area contributed by atoms with Crippen LogP contribution in [-0.2, 0) is 21.2 Å². The van der Waals surface area contributed by atoms with Crippen molar-refractivity contribution in [1.29, 1.82) is 0 Å². The molecule has 1 aromatic rings. The number of benzene rings is 1. The van der Waals surface area contributed by atoms with Crippen LogP contribution in [0.3, 0.4) is 0 Å². The van der Waals surface area contributed by atoms with Gasteiger partial charge in [0.1, 0.15) is 5.82 Å². The minimum atomic E-state index is -3.25. The molecular formula is C17H25FN2O3S. The highest BCUT2D eigenvalue weighted by Gasteiger charge is 2.23. The number of halogens is 1. The number of sulfonamides is 1. The summed E-state index contributed by atoms with van der Waals surface area (Å²) in [6, 6.07) is 6.55. The van der Waals surface area contributed by atoms with Gasteiger partial charge in [-0.1, -0.05) is 12.1 Å². The Morgan fingerprint density at radius 1 is 1.33 bits per heavy atom. The minimum Gasteiger partial charge on any atom is -0.342 e. The SMILES string of the molecule is CS(=O)(=O)NCCC(=O)N1CCCC(CCc2ccc(F)cc2)C1. The molecule has 5 nitrogen and oxygen atoms in total. The zero-order valence-corrected chi connectivity index (χ0v) is 14.8. The highest BCUT2D eigenvalue weighted by molar-refractivity contribution is 7.88. The van der Waals surface area contributed by atoms with Gasteiger partial charge < -0.3 is 4.90 Å². The molecule has 1 aliphatic rings. The lowest BCUT2D eigenvalue weighted by atomic mass is 9.91. The van der Waals surface area contributed by atoms with Crippen molar-refractivity contribution in [2.24, 2.45) is 5.92 Å². The molecule has 0 radical (unpaired) electrons. The number of carbonyl (C=O) groups excluding carboxylic acids is 1. The van der Waals surface area contributed by atoms with Crippen LogP contribution in [0.2, 0.25) is 0 Å². The van der Waals surface area contributed by atoms with Gasteiger partial charge in [0.05, 0.1) is 6.26 Å². The van der Waals surface area contributed by atoms with E-state index in [1.54, 1.807) is 12.1 Å². The largest absolute Gasteiger partial charge is 0.342 e. The molecule has 0 spiro atoms. The van der Waals surface area contributed by atoms with Crippen molar-refractivity contribution in [2.45, 2.75) is 32.1 Å². The van der Waals surface area contributed by atoms with Crippen LogP contribution in [0, 0.1) is 11.7 Å². The number of carbonyl (C=O) groups is 1. The Hall–Kier alpha value is -1.47. The molecule has 1 amide bonds. The Morgan fingerprint density at radius 2 is 2.04 bits per heavy atom. The third-order valence-electron chi connectivity index (χ3n) is 4.33. The number of likely N-dealkylation sites (tertiary alicyclic amines) is 1. The third kappa shape index (κ3) is 6.57. The van der Waals surface area contributed by atoms with E-state index in [-0.39, 0.29) is 24.7 Å². The van der Waals surface area contributed by atoms with Crippen LogP contribution >= 0.6 is 0 Å². The molecular weight excluding hydrogens is 331 g/mol. The van der Waals surface area contributed by atoms with Crippen molar-refractivity contribution >= 4 is 15.9 Å². The summed E-state index contributed by atoms with van der Waals surface area (Å²) in [5.41, 5.74) is 1.11. The molecule has 0 aromatic heterocycles. The van der Waals surface area contributed by atoms with E-state index in [1.807, 2.05) is 4.90 Å². The normalized spacial score (nSPS) is 18.6. The molecule has 2 rings (SSSR count). The number of hydrogen-bond acceptors (Lipinski definition) is 3. The maximum Gasteiger partial charge on any atom is 0.223 e. The number of piperidine rings is 1. The zero-order valence-electron chi connectivity index (χ0n) is 14.0. The van der Waals surface area contributed by atoms with Crippen LogP contribution in [-0.4, -0.2) is 45.1 Å². The van der Waals surface area contributed by atoms with Crippen molar-refractivity contribution in [1.82, 2.24) is 9.62 Å². The van der Waals surface area contributed by atoms with Gasteiger partial charge >= 0.3 is 0 Å². The summed E-state index contributed by atoms with van der Waals surface area (Å²) in [5, 5.41) is 0. The van der Waals surface area contributed by atoms with Gasteiger partial charge in [0.15, 0.2) is 0 Å². The molecule has 1 aromatic carbocycles. The van der Waals surface area contributed by atoms with Crippen molar-refractivity contribution in [3.63, 3.8) is 0 Å². The first-order valence-electron chi connectivity index (χ1n) is 8.30. The summed E-state index contributed by atoms with van der Waals surface area (Å²) in [5.74, 6) is 0.212. The van der Waals surface area contributed by atoms with Crippen LogP contribution in [0.4, 0.5) is 4.39 Å².